The first kappa shape index (κ1) is 27.4. The minimum absolute atomic E-state index is 0.0831. The van der Waals surface area contributed by atoms with Crippen LogP contribution < -0.4 is 4.74 Å². The van der Waals surface area contributed by atoms with Crippen LogP contribution in [0.2, 0.25) is 0 Å². The highest BCUT2D eigenvalue weighted by atomic mass is 19.4. The van der Waals surface area contributed by atoms with Gasteiger partial charge in [-0.2, -0.15) is 0 Å². The number of hydrogen-bond donors (Lipinski definition) is 0. The lowest BCUT2D eigenvalue weighted by Crippen LogP contribution is -2.19. The van der Waals surface area contributed by atoms with Crippen molar-refractivity contribution in [3.05, 3.63) is 64.5 Å². The molecule has 3 rings (SSSR count). The second-order valence-corrected chi connectivity index (χ2v) is 9.71. The predicted molar refractivity (Wildman–Crippen MR) is 125 cm³/mol. The SMILES string of the molecule is CCCCCCCC1CCC(c2ccc(CCc3cc(F)c(OC(F)(F)F)c(F)c3)c(F)c2)CC1. The molecule has 0 unspecified atom stereocenters. The molecule has 1 fully saturated rings. The van der Waals surface area contributed by atoms with Crippen molar-refractivity contribution in [2.24, 2.45) is 5.92 Å². The molecule has 194 valence electrons. The van der Waals surface area contributed by atoms with Crippen LogP contribution in [0, 0.1) is 23.4 Å². The molecule has 35 heavy (non-hydrogen) atoms. The van der Waals surface area contributed by atoms with Gasteiger partial charge in [0.2, 0.25) is 5.75 Å². The third-order valence-electron chi connectivity index (χ3n) is 7.07. The maximum Gasteiger partial charge on any atom is 0.573 e. The summed E-state index contributed by atoms with van der Waals surface area (Å²) in [5.41, 5.74) is 1.52. The van der Waals surface area contributed by atoms with Gasteiger partial charge in [0.1, 0.15) is 5.82 Å². The number of ether oxygens (including phenoxy) is 1. The van der Waals surface area contributed by atoms with Crippen LogP contribution in [-0.4, -0.2) is 6.36 Å². The van der Waals surface area contributed by atoms with E-state index in [1.54, 1.807) is 12.1 Å². The Kier molecular flexibility index (Phi) is 9.93. The smallest absolute Gasteiger partial charge is 0.399 e. The Bertz CT molecular complexity index is 924. The van der Waals surface area contributed by atoms with Gasteiger partial charge in [-0.05, 0) is 85.3 Å². The number of rotatable bonds is 11. The molecule has 0 atom stereocenters. The van der Waals surface area contributed by atoms with E-state index in [-0.39, 0.29) is 24.2 Å². The largest absolute Gasteiger partial charge is 0.573 e. The Balaban J connectivity index is 1.51. The van der Waals surface area contributed by atoms with Crippen molar-refractivity contribution in [2.75, 3.05) is 0 Å². The molecule has 0 saturated heterocycles. The number of unbranched alkanes of at least 4 members (excludes halogenated alkanes) is 4. The second-order valence-electron chi connectivity index (χ2n) is 9.71. The maximum absolute atomic E-state index is 14.8. The van der Waals surface area contributed by atoms with Crippen LogP contribution in [0.25, 0.3) is 0 Å². The number of alkyl halides is 3. The second kappa shape index (κ2) is 12.7. The van der Waals surface area contributed by atoms with E-state index in [4.69, 9.17) is 0 Å². The molecule has 0 aliphatic heterocycles. The van der Waals surface area contributed by atoms with Crippen molar-refractivity contribution in [3.63, 3.8) is 0 Å². The molecule has 2 aromatic carbocycles. The van der Waals surface area contributed by atoms with Crippen LogP contribution in [0.3, 0.4) is 0 Å². The standard InChI is InChI=1S/C28H34F6O/c1-2-3-4-5-6-7-19-8-11-21(12-9-19)23-15-14-22(24(29)18-23)13-10-20-16-25(30)27(26(31)17-20)35-28(32,33)34/h14-19,21H,2-13H2,1H3. The monoisotopic (exact) mass is 500 g/mol. The lowest BCUT2D eigenvalue weighted by Gasteiger charge is -2.29. The summed E-state index contributed by atoms with van der Waals surface area (Å²) in [4.78, 5) is 0. The van der Waals surface area contributed by atoms with Crippen LogP contribution >= 0.6 is 0 Å². The van der Waals surface area contributed by atoms with Crippen LogP contribution in [0.4, 0.5) is 26.3 Å². The van der Waals surface area contributed by atoms with Gasteiger partial charge < -0.3 is 4.74 Å². The molecule has 0 spiro atoms. The van der Waals surface area contributed by atoms with Gasteiger partial charge in [-0.3, -0.25) is 0 Å². The fourth-order valence-corrected chi connectivity index (χ4v) is 5.09. The quantitative estimate of drug-likeness (QED) is 0.221. The zero-order valence-corrected chi connectivity index (χ0v) is 20.2. The minimum atomic E-state index is -5.19. The topological polar surface area (TPSA) is 9.23 Å². The van der Waals surface area contributed by atoms with Crippen LogP contribution in [0.1, 0.15) is 93.7 Å². The van der Waals surface area contributed by atoms with E-state index >= 15 is 0 Å². The van der Waals surface area contributed by atoms with Gasteiger partial charge in [-0.1, -0.05) is 57.6 Å². The average molecular weight is 501 g/mol. The zero-order valence-electron chi connectivity index (χ0n) is 20.2. The molecule has 0 bridgehead atoms. The molecule has 1 aliphatic carbocycles. The summed E-state index contributed by atoms with van der Waals surface area (Å²) < 4.78 is 82.9. The van der Waals surface area contributed by atoms with E-state index < -0.39 is 23.7 Å². The Morgan fingerprint density at radius 3 is 2.06 bits per heavy atom. The van der Waals surface area contributed by atoms with Crippen LogP contribution in [-0.2, 0) is 12.8 Å². The highest BCUT2D eigenvalue weighted by molar-refractivity contribution is 5.33. The van der Waals surface area contributed by atoms with E-state index in [0.717, 1.165) is 36.5 Å². The molecule has 1 aliphatic rings. The Hall–Kier alpha value is -2.18. The molecular formula is C28H34F6O. The normalized spacial score (nSPS) is 18.6. The Morgan fingerprint density at radius 1 is 0.800 bits per heavy atom. The van der Waals surface area contributed by atoms with E-state index in [1.807, 2.05) is 6.07 Å². The molecule has 2 aromatic rings. The molecule has 0 radical (unpaired) electrons. The fraction of sp³-hybridized carbons (Fsp3) is 0.571. The molecular weight excluding hydrogens is 466 g/mol. The van der Waals surface area contributed by atoms with E-state index in [0.29, 0.717) is 11.5 Å². The third kappa shape index (κ3) is 8.46. The Labute approximate surface area is 203 Å². The van der Waals surface area contributed by atoms with Gasteiger partial charge in [0.15, 0.2) is 11.6 Å². The van der Waals surface area contributed by atoms with E-state index in [2.05, 4.69) is 11.7 Å². The minimum Gasteiger partial charge on any atom is -0.399 e. The van der Waals surface area contributed by atoms with Gasteiger partial charge in [0.25, 0.3) is 0 Å². The summed E-state index contributed by atoms with van der Waals surface area (Å²) in [5.74, 6) is -3.61. The summed E-state index contributed by atoms with van der Waals surface area (Å²) in [6, 6.07) is 6.78. The van der Waals surface area contributed by atoms with Gasteiger partial charge in [-0.25, -0.2) is 13.2 Å². The van der Waals surface area contributed by atoms with Gasteiger partial charge in [-0.15, -0.1) is 13.2 Å². The first-order chi connectivity index (χ1) is 16.7. The molecule has 0 aromatic heterocycles. The summed E-state index contributed by atoms with van der Waals surface area (Å²) in [7, 11) is 0. The van der Waals surface area contributed by atoms with Gasteiger partial charge in [0, 0.05) is 0 Å². The maximum atomic E-state index is 14.8. The summed E-state index contributed by atoms with van der Waals surface area (Å²) in [6.45, 7) is 2.22. The summed E-state index contributed by atoms with van der Waals surface area (Å²) >= 11 is 0. The van der Waals surface area contributed by atoms with Crippen molar-refractivity contribution < 1.29 is 31.1 Å². The van der Waals surface area contributed by atoms with Crippen molar-refractivity contribution in [1.82, 2.24) is 0 Å². The van der Waals surface area contributed by atoms with Crippen LogP contribution in [0.15, 0.2) is 30.3 Å². The molecule has 0 N–H and O–H groups in total. The highest BCUT2D eigenvalue weighted by Gasteiger charge is 2.34. The lowest BCUT2D eigenvalue weighted by molar-refractivity contribution is -0.276. The number of benzene rings is 2. The number of hydrogen-bond acceptors (Lipinski definition) is 1. The average Bonchev–Trinajstić information content (AvgIpc) is 2.80. The summed E-state index contributed by atoms with van der Waals surface area (Å²) in [6.07, 6.45) is 7.31. The van der Waals surface area contributed by atoms with E-state index in [9.17, 15) is 26.3 Å². The van der Waals surface area contributed by atoms with Crippen molar-refractivity contribution in [3.8, 4) is 5.75 Å². The fourth-order valence-electron chi connectivity index (χ4n) is 5.09. The molecule has 1 saturated carbocycles. The molecule has 0 amide bonds. The first-order valence-corrected chi connectivity index (χ1v) is 12.7. The van der Waals surface area contributed by atoms with Crippen molar-refractivity contribution in [2.45, 2.75) is 96.3 Å². The van der Waals surface area contributed by atoms with Crippen molar-refractivity contribution in [1.29, 1.82) is 0 Å². The predicted octanol–water partition coefficient (Wildman–Crippen LogP) is 9.42. The number of halogens is 6. The third-order valence-corrected chi connectivity index (χ3v) is 7.07. The highest BCUT2D eigenvalue weighted by Crippen LogP contribution is 2.38. The zero-order chi connectivity index (χ0) is 25.4. The van der Waals surface area contributed by atoms with Crippen LogP contribution in [0.5, 0.6) is 5.75 Å². The summed E-state index contributed by atoms with van der Waals surface area (Å²) in [5, 5.41) is 0. The molecule has 7 heteroatoms. The molecule has 0 heterocycles. The first-order valence-electron chi connectivity index (χ1n) is 12.7. The van der Waals surface area contributed by atoms with E-state index in [1.165, 1.54) is 51.4 Å². The lowest BCUT2D eigenvalue weighted by atomic mass is 9.77. The number of aryl methyl sites for hydroxylation is 2. The Morgan fingerprint density at radius 2 is 1.46 bits per heavy atom. The van der Waals surface area contributed by atoms with Gasteiger partial charge >= 0.3 is 6.36 Å². The van der Waals surface area contributed by atoms with Gasteiger partial charge in [0.05, 0.1) is 0 Å². The molecule has 1 nitrogen and oxygen atoms in total. The van der Waals surface area contributed by atoms with Crippen molar-refractivity contribution >= 4 is 0 Å².